The minimum absolute atomic E-state index is 0.675. The van der Waals surface area contributed by atoms with Gasteiger partial charge >= 0.3 is 0 Å². The zero-order valence-corrected chi connectivity index (χ0v) is 9.17. The van der Waals surface area contributed by atoms with Crippen LogP contribution in [0.25, 0.3) is 0 Å². The van der Waals surface area contributed by atoms with E-state index in [0.29, 0.717) is 5.92 Å². The van der Waals surface area contributed by atoms with Crippen LogP contribution in [0.2, 0.25) is 0 Å². The van der Waals surface area contributed by atoms with E-state index in [1.807, 2.05) is 0 Å². The van der Waals surface area contributed by atoms with Gasteiger partial charge in [-0.1, -0.05) is 27.7 Å². The first-order valence-electron chi connectivity index (χ1n) is 5.22. The second kappa shape index (κ2) is 4.45. The lowest BCUT2D eigenvalue weighted by atomic mass is 10.2. The Hall–Kier alpha value is -0.790. The van der Waals surface area contributed by atoms with Gasteiger partial charge in [-0.15, -0.1) is 0 Å². The summed E-state index contributed by atoms with van der Waals surface area (Å²) in [5.41, 5.74) is 2.67. The van der Waals surface area contributed by atoms with Gasteiger partial charge in [0.15, 0.2) is 0 Å². The Morgan fingerprint density at radius 3 is 2.38 bits per heavy atom. The normalized spacial score (nSPS) is 11.2. The van der Waals surface area contributed by atoms with Crippen molar-refractivity contribution in [1.29, 1.82) is 0 Å². The molecule has 0 bridgehead atoms. The molecule has 1 aromatic rings. The molecule has 1 heterocycles. The summed E-state index contributed by atoms with van der Waals surface area (Å²) in [6, 6.07) is 0. The number of nitrogens with zero attached hydrogens (tertiary/aromatic N) is 2. The van der Waals surface area contributed by atoms with Crippen LogP contribution in [-0.4, -0.2) is 9.78 Å². The van der Waals surface area contributed by atoms with Gasteiger partial charge in [0.25, 0.3) is 0 Å². The summed E-state index contributed by atoms with van der Waals surface area (Å²) in [4.78, 5) is 0. The molecule has 1 aromatic heterocycles. The highest BCUT2D eigenvalue weighted by Gasteiger charge is 2.05. The van der Waals surface area contributed by atoms with Crippen molar-refractivity contribution < 1.29 is 0 Å². The van der Waals surface area contributed by atoms with Crippen molar-refractivity contribution in [3.05, 3.63) is 17.5 Å². The Morgan fingerprint density at radius 2 is 2.00 bits per heavy atom. The van der Waals surface area contributed by atoms with Crippen LogP contribution in [0.1, 0.15) is 39.0 Å². The Morgan fingerprint density at radius 1 is 1.31 bits per heavy atom. The van der Waals surface area contributed by atoms with Crippen molar-refractivity contribution >= 4 is 0 Å². The molecule has 0 spiro atoms. The van der Waals surface area contributed by atoms with Crippen molar-refractivity contribution in [2.45, 2.75) is 47.1 Å². The van der Waals surface area contributed by atoms with Crippen molar-refractivity contribution in [2.24, 2.45) is 5.92 Å². The average Bonchev–Trinajstić information content (AvgIpc) is 2.45. The first kappa shape index (κ1) is 10.3. The van der Waals surface area contributed by atoms with Gasteiger partial charge in [-0.05, 0) is 24.3 Å². The van der Waals surface area contributed by atoms with Gasteiger partial charge in [-0.3, -0.25) is 4.68 Å². The van der Waals surface area contributed by atoms with E-state index >= 15 is 0 Å². The number of rotatable bonds is 4. The standard InChI is InChI=1S/C11H20N2/c1-5-10-8-13(7-9(3)4)12-11(10)6-2/h8-9H,5-7H2,1-4H3. The number of aromatic nitrogens is 2. The van der Waals surface area contributed by atoms with E-state index in [1.54, 1.807) is 0 Å². The number of aryl methyl sites for hydroxylation is 2. The zero-order valence-electron chi connectivity index (χ0n) is 9.17. The lowest BCUT2D eigenvalue weighted by molar-refractivity contribution is 0.480. The second-order valence-corrected chi connectivity index (χ2v) is 3.92. The summed E-state index contributed by atoms with van der Waals surface area (Å²) < 4.78 is 2.09. The minimum atomic E-state index is 0.675. The minimum Gasteiger partial charge on any atom is -0.272 e. The fourth-order valence-corrected chi connectivity index (χ4v) is 1.56. The predicted molar refractivity (Wildman–Crippen MR) is 55.8 cm³/mol. The van der Waals surface area contributed by atoms with E-state index < -0.39 is 0 Å². The number of hydrogen-bond acceptors (Lipinski definition) is 1. The molecule has 2 nitrogen and oxygen atoms in total. The largest absolute Gasteiger partial charge is 0.272 e. The molecule has 13 heavy (non-hydrogen) atoms. The molecular formula is C11H20N2. The molecule has 0 unspecified atom stereocenters. The van der Waals surface area contributed by atoms with Gasteiger partial charge in [0.05, 0.1) is 5.69 Å². The van der Waals surface area contributed by atoms with Gasteiger partial charge in [-0.2, -0.15) is 5.10 Å². The van der Waals surface area contributed by atoms with Gasteiger partial charge in [0.2, 0.25) is 0 Å². The van der Waals surface area contributed by atoms with Crippen molar-refractivity contribution in [3.63, 3.8) is 0 Å². The SMILES string of the molecule is CCc1cn(CC(C)C)nc1CC. The van der Waals surface area contributed by atoms with Gasteiger partial charge in [-0.25, -0.2) is 0 Å². The van der Waals surface area contributed by atoms with Gasteiger partial charge in [0, 0.05) is 12.7 Å². The maximum Gasteiger partial charge on any atom is 0.0653 e. The van der Waals surface area contributed by atoms with Crippen LogP contribution in [0.4, 0.5) is 0 Å². The van der Waals surface area contributed by atoms with Crippen LogP contribution in [-0.2, 0) is 19.4 Å². The lowest BCUT2D eigenvalue weighted by Crippen LogP contribution is -2.04. The van der Waals surface area contributed by atoms with E-state index in [2.05, 4.69) is 43.7 Å². The van der Waals surface area contributed by atoms with E-state index in [9.17, 15) is 0 Å². The quantitative estimate of drug-likeness (QED) is 0.696. The molecule has 74 valence electrons. The molecule has 1 rings (SSSR count). The predicted octanol–water partition coefficient (Wildman–Crippen LogP) is 2.66. The van der Waals surface area contributed by atoms with Crippen molar-refractivity contribution in [3.8, 4) is 0 Å². The molecule has 0 saturated carbocycles. The zero-order chi connectivity index (χ0) is 9.84. The molecule has 0 N–H and O–H groups in total. The van der Waals surface area contributed by atoms with E-state index in [4.69, 9.17) is 0 Å². The van der Waals surface area contributed by atoms with Crippen LogP contribution >= 0.6 is 0 Å². The fraction of sp³-hybridized carbons (Fsp3) is 0.727. The van der Waals surface area contributed by atoms with Crippen LogP contribution in [0.5, 0.6) is 0 Å². The highest BCUT2D eigenvalue weighted by molar-refractivity contribution is 5.16. The highest BCUT2D eigenvalue weighted by atomic mass is 15.3. The summed E-state index contributed by atoms with van der Waals surface area (Å²) in [7, 11) is 0. The van der Waals surface area contributed by atoms with Crippen LogP contribution in [0.3, 0.4) is 0 Å². The smallest absolute Gasteiger partial charge is 0.0653 e. The van der Waals surface area contributed by atoms with Gasteiger partial charge < -0.3 is 0 Å². The topological polar surface area (TPSA) is 17.8 Å². The Balaban J connectivity index is 2.80. The molecule has 0 amide bonds. The fourth-order valence-electron chi connectivity index (χ4n) is 1.56. The van der Waals surface area contributed by atoms with Crippen LogP contribution < -0.4 is 0 Å². The summed E-state index contributed by atoms with van der Waals surface area (Å²) in [5.74, 6) is 0.675. The summed E-state index contributed by atoms with van der Waals surface area (Å²) in [6.07, 6.45) is 4.34. The molecule has 0 aliphatic carbocycles. The first-order valence-corrected chi connectivity index (χ1v) is 5.22. The first-order chi connectivity index (χ1) is 6.17. The maximum absolute atomic E-state index is 4.56. The number of hydrogen-bond donors (Lipinski definition) is 0. The monoisotopic (exact) mass is 180 g/mol. The Labute approximate surface area is 81.0 Å². The molecule has 0 saturated heterocycles. The van der Waals surface area contributed by atoms with Gasteiger partial charge in [0.1, 0.15) is 0 Å². The average molecular weight is 180 g/mol. The Bertz CT molecular complexity index is 240. The lowest BCUT2D eigenvalue weighted by Gasteiger charge is -2.03. The highest BCUT2D eigenvalue weighted by Crippen LogP contribution is 2.09. The summed E-state index contributed by atoms with van der Waals surface area (Å²) >= 11 is 0. The molecule has 0 aliphatic heterocycles. The maximum atomic E-state index is 4.56. The van der Waals surface area contributed by atoms with E-state index in [1.165, 1.54) is 11.3 Å². The Kier molecular flexibility index (Phi) is 3.52. The van der Waals surface area contributed by atoms with E-state index in [-0.39, 0.29) is 0 Å². The third-order valence-electron chi connectivity index (χ3n) is 2.19. The van der Waals surface area contributed by atoms with Crippen LogP contribution in [0.15, 0.2) is 6.20 Å². The van der Waals surface area contributed by atoms with Crippen molar-refractivity contribution in [2.75, 3.05) is 0 Å². The second-order valence-electron chi connectivity index (χ2n) is 3.92. The van der Waals surface area contributed by atoms with Crippen molar-refractivity contribution in [1.82, 2.24) is 9.78 Å². The summed E-state index contributed by atoms with van der Waals surface area (Å²) in [5, 5.41) is 4.56. The molecule has 2 heteroatoms. The molecule has 0 fully saturated rings. The third-order valence-corrected chi connectivity index (χ3v) is 2.19. The summed E-state index contributed by atoms with van der Waals surface area (Å²) in [6.45, 7) is 9.84. The molecule has 0 atom stereocenters. The van der Waals surface area contributed by atoms with E-state index in [0.717, 1.165) is 19.4 Å². The molecule has 0 aliphatic rings. The third kappa shape index (κ3) is 2.58. The molecule has 0 radical (unpaired) electrons. The molecule has 0 aromatic carbocycles. The molecular weight excluding hydrogens is 160 g/mol. The van der Waals surface area contributed by atoms with Crippen LogP contribution in [0, 0.1) is 5.92 Å².